The van der Waals surface area contributed by atoms with Crippen LogP contribution in [0.15, 0.2) is 6.07 Å². The molecule has 0 spiro atoms. The second-order valence-electron chi connectivity index (χ2n) is 4.46. The molecule has 0 aromatic carbocycles. The van der Waals surface area contributed by atoms with Crippen LogP contribution in [0.2, 0.25) is 0 Å². The molecule has 1 aliphatic rings. The smallest absolute Gasteiger partial charge is 0.356 e. The highest BCUT2D eigenvalue weighted by atomic mass is 16.4. The molecule has 1 saturated carbocycles. The van der Waals surface area contributed by atoms with E-state index in [9.17, 15) is 4.79 Å². The summed E-state index contributed by atoms with van der Waals surface area (Å²) in [5.74, 6) is -0.922. The van der Waals surface area contributed by atoms with E-state index < -0.39 is 5.97 Å². The normalized spacial score (nSPS) is 16.8. The van der Waals surface area contributed by atoms with Gasteiger partial charge in [-0.1, -0.05) is 26.2 Å². The van der Waals surface area contributed by atoms with Gasteiger partial charge in [0, 0.05) is 5.69 Å². The van der Waals surface area contributed by atoms with E-state index in [1.54, 1.807) is 6.07 Å². The highest BCUT2D eigenvalue weighted by Crippen LogP contribution is 2.30. The number of carboxylic acid groups (broad SMARTS) is 1. The molecule has 0 saturated heterocycles. The molecule has 0 amide bonds. The Labute approximate surface area is 95.3 Å². The van der Waals surface area contributed by atoms with Gasteiger partial charge in [0.25, 0.3) is 0 Å². The van der Waals surface area contributed by atoms with E-state index in [0.717, 1.165) is 31.4 Å². The quantitative estimate of drug-likeness (QED) is 0.852. The second kappa shape index (κ2) is 4.68. The van der Waals surface area contributed by atoms with Crippen LogP contribution in [0.1, 0.15) is 61.3 Å². The average molecular weight is 222 g/mol. The minimum absolute atomic E-state index is 0.190. The van der Waals surface area contributed by atoms with Crippen molar-refractivity contribution in [1.29, 1.82) is 0 Å². The fourth-order valence-electron chi connectivity index (χ4n) is 2.45. The van der Waals surface area contributed by atoms with Gasteiger partial charge in [-0.25, -0.2) is 4.79 Å². The molecule has 2 rings (SSSR count). The van der Waals surface area contributed by atoms with Gasteiger partial charge >= 0.3 is 5.97 Å². The van der Waals surface area contributed by atoms with Gasteiger partial charge in [0.15, 0.2) is 5.69 Å². The molecule has 1 heterocycles. The molecule has 1 aliphatic carbocycles. The van der Waals surface area contributed by atoms with E-state index in [4.69, 9.17) is 5.11 Å². The maximum absolute atomic E-state index is 10.9. The van der Waals surface area contributed by atoms with Crippen LogP contribution >= 0.6 is 0 Å². The van der Waals surface area contributed by atoms with E-state index in [1.165, 1.54) is 12.8 Å². The Morgan fingerprint density at radius 1 is 1.56 bits per heavy atom. The summed E-state index contributed by atoms with van der Waals surface area (Å²) < 4.78 is 1.96. The monoisotopic (exact) mass is 222 g/mol. The van der Waals surface area contributed by atoms with Gasteiger partial charge in [0.1, 0.15) is 0 Å². The summed E-state index contributed by atoms with van der Waals surface area (Å²) in [7, 11) is 0. The lowest BCUT2D eigenvalue weighted by atomic mass is 10.2. The largest absolute Gasteiger partial charge is 0.476 e. The lowest BCUT2D eigenvalue weighted by molar-refractivity contribution is 0.0689. The number of aromatic nitrogens is 2. The Bertz CT molecular complexity index is 378. The summed E-state index contributed by atoms with van der Waals surface area (Å²) in [6, 6.07) is 2.15. The molecule has 0 unspecified atom stereocenters. The van der Waals surface area contributed by atoms with Crippen LogP contribution in [0.3, 0.4) is 0 Å². The number of carbonyl (C=O) groups is 1. The molecule has 1 aromatic heterocycles. The minimum Gasteiger partial charge on any atom is -0.476 e. The standard InChI is InChI=1S/C12H18N2O2/c1-2-5-10-8-11(12(15)16)13-14(10)9-6-3-4-7-9/h8-9H,2-7H2,1H3,(H,15,16). The summed E-state index contributed by atoms with van der Waals surface area (Å²) in [5, 5.41) is 13.2. The SMILES string of the molecule is CCCc1cc(C(=O)O)nn1C1CCCC1. The first kappa shape index (κ1) is 11.2. The molecular weight excluding hydrogens is 204 g/mol. The zero-order valence-corrected chi connectivity index (χ0v) is 9.65. The number of nitrogens with zero attached hydrogens (tertiary/aromatic N) is 2. The fourth-order valence-corrected chi connectivity index (χ4v) is 2.45. The van der Waals surface area contributed by atoms with Crippen molar-refractivity contribution in [3.63, 3.8) is 0 Å². The number of carboxylic acids is 1. The molecule has 4 heteroatoms. The first-order valence-corrected chi connectivity index (χ1v) is 6.04. The van der Waals surface area contributed by atoms with Crippen molar-refractivity contribution in [3.8, 4) is 0 Å². The highest BCUT2D eigenvalue weighted by molar-refractivity contribution is 5.85. The molecule has 16 heavy (non-hydrogen) atoms. The lowest BCUT2D eigenvalue weighted by Gasteiger charge is -2.13. The van der Waals surface area contributed by atoms with Gasteiger partial charge in [-0.05, 0) is 25.3 Å². The van der Waals surface area contributed by atoms with Gasteiger partial charge in [-0.2, -0.15) is 5.10 Å². The third-order valence-corrected chi connectivity index (χ3v) is 3.21. The van der Waals surface area contributed by atoms with Crippen molar-refractivity contribution in [3.05, 3.63) is 17.5 Å². The van der Waals surface area contributed by atoms with Crippen LogP contribution in [0, 0.1) is 0 Å². The topological polar surface area (TPSA) is 55.1 Å². The third-order valence-electron chi connectivity index (χ3n) is 3.21. The molecule has 0 atom stereocenters. The summed E-state index contributed by atoms with van der Waals surface area (Å²) in [5.41, 5.74) is 1.27. The van der Waals surface area contributed by atoms with Gasteiger partial charge in [-0.3, -0.25) is 4.68 Å². The van der Waals surface area contributed by atoms with Crippen molar-refractivity contribution in [2.24, 2.45) is 0 Å². The molecule has 0 bridgehead atoms. The van der Waals surface area contributed by atoms with Crippen molar-refractivity contribution in [2.75, 3.05) is 0 Å². The van der Waals surface area contributed by atoms with Gasteiger partial charge in [-0.15, -0.1) is 0 Å². The molecule has 4 nitrogen and oxygen atoms in total. The summed E-state index contributed by atoms with van der Waals surface area (Å²) in [6.07, 6.45) is 6.68. The van der Waals surface area contributed by atoms with E-state index in [0.29, 0.717) is 6.04 Å². The number of aromatic carboxylic acids is 1. The Kier molecular flexibility index (Phi) is 3.27. The number of rotatable bonds is 4. The number of aryl methyl sites for hydroxylation is 1. The summed E-state index contributed by atoms with van der Waals surface area (Å²) in [4.78, 5) is 10.9. The zero-order chi connectivity index (χ0) is 11.5. The van der Waals surface area contributed by atoms with E-state index in [2.05, 4.69) is 12.0 Å². The van der Waals surface area contributed by atoms with E-state index in [1.807, 2.05) is 4.68 Å². The lowest BCUT2D eigenvalue weighted by Crippen LogP contribution is -2.11. The summed E-state index contributed by atoms with van der Waals surface area (Å²) >= 11 is 0. The molecule has 88 valence electrons. The predicted octanol–water partition coefficient (Wildman–Crippen LogP) is 2.65. The van der Waals surface area contributed by atoms with E-state index in [-0.39, 0.29) is 5.69 Å². The Hall–Kier alpha value is -1.32. The first-order chi connectivity index (χ1) is 7.72. The Morgan fingerprint density at radius 2 is 2.25 bits per heavy atom. The van der Waals surface area contributed by atoms with E-state index >= 15 is 0 Å². The molecule has 1 N–H and O–H groups in total. The van der Waals surface area contributed by atoms with Crippen LogP contribution in [0.25, 0.3) is 0 Å². The van der Waals surface area contributed by atoms with Crippen LogP contribution in [0.4, 0.5) is 0 Å². The maximum atomic E-state index is 10.9. The van der Waals surface area contributed by atoms with Crippen molar-refractivity contribution >= 4 is 5.97 Å². The van der Waals surface area contributed by atoms with Crippen LogP contribution in [0.5, 0.6) is 0 Å². The van der Waals surface area contributed by atoms with Crippen LogP contribution < -0.4 is 0 Å². The Balaban J connectivity index is 2.29. The van der Waals surface area contributed by atoms with Gasteiger partial charge in [0.05, 0.1) is 6.04 Å². The number of hydrogen-bond donors (Lipinski definition) is 1. The van der Waals surface area contributed by atoms with Gasteiger partial charge < -0.3 is 5.11 Å². The fraction of sp³-hybridized carbons (Fsp3) is 0.667. The molecule has 0 aliphatic heterocycles. The molecule has 1 aromatic rings. The molecule has 1 fully saturated rings. The first-order valence-electron chi connectivity index (χ1n) is 6.04. The molecular formula is C12H18N2O2. The van der Waals surface area contributed by atoms with Gasteiger partial charge in [0.2, 0.25) is 0 Å². The average Bonchev–Trinajstić information content (AvgIpc) is 2.84. The van der Waals surface area contributed by atoms with Crippen molar-refractivity contribution in [1.82, 2.24) is 9.78 Å². The van der Waals surface area contributed by atoms with Crippen LogP contribution in [-0.4, -0.2) is 20.9 Å². The minimum atomic E-state index is -0.922. The molecule has 0 radical (unpaired) electrons. The van der Waals surface area contributed by atoms with Crippen molar-refractivity contribution < 1.29 is 9.90 Å². The number of hydrogen-bond acceptors (Lipinski definition) is 2. The zero-order valence-electron chi connectivity index (χ0n) is 9.65. The Morgan fingerprint density at radius 3 is 2.81 bits per heavy atom. The summed E-state index contributed by atoms with van der Waals surface area (Å²) in [6.45, 7) is 2.10. The van der Waals surface area contributed by atoms with Crippen molar-refractivity contribution in [2.45, 2.75) is 51.5 Å². The second-order valence-corrected chi connectivity index (χ2v) is 4.46. The predicted molar refractivity (Wildman–Crippen MR) is 60.7 cm³/mol. The third kappa shape index (κ3) is 2.10. The van der Waals surface area contributed by atoms with Crippen LogP contribution in [-0.2, 0) is 6.42 Å². The highest BCUT2D eigenvalue weighted by Gasteiger charge is 2.22. The maximum Gasteiger partial charge on any atom is 0.356 e.